The zero-order valence-electron chi connectivity index (χ0n) is 6.59. The summed E-state index contributed by atoms with van der Waals surface area (Å²) in [6, 6.07) is 4.89. The molecule has 0 aromatic heterocycles. The summed E-state index contributed by atoms with van der Waals surface area (Å²) in [5.41, 5.74) is 5.55. The molecule has 1 aromatic rings. The topological polar surface area (TPSA) is 43.1 Å². The molecule has 0 aliphatic heterocycles. The molecule has 0 unspecified atom stereocenters. The fourth-order valence-corrected chi connectivity index (χ4v) is 1.24. The molecule has 0 bridgehead atoms. The molecule has 13 heavy (non-hydrogen) atoms. The number of nitrogens with two attached hydrogens (primary N) is 1. The molecule has 0 spiro atoms. The molecule has 1 rings (SSSR count). The van der Waals surface area contributed by atoms with Crippen LogP contribution in [0.15, 0.2) is 18.2 Å². The van der Waals surface area contributed by atoms with Crippen molar-refractivity contribution in [2.45, 2.75) is 0 Å². The Kier molecular flexibility index (Phi) is 5.33. The summed E-state index contributed by atoms with van der Waals surface area (Å²) in [5, 5.41) is 0.644. The molecular formula is C8H8Cl3NO. The predicted octanol–water partition coefficient (Wildman–Crippen LogP) is 2.56. The van der Waals surface area contributed by atoms with E-state index >= 15 is 0 Å². The van der Waals surface area contributed by atoms with Gasteiger partial charge in [0.25, 0.3) is 0 Å². The minimum Gasteiger partial charge on any atom is -0.324 e. The Hall–Kier alpha value is -0.280. The first kappa shape index (κ1) is 12.7. The van der Waals surface area contributed by atoms with Gasteiger partial charge >= 0.3 is 0 Å². The maximum absolute atomic E-state index is 11.1. The fourth-order valence-electron chi connectivity index (χ4n) is 0.829. The molecule has 0 aliphatic carbocycles. The van der Waals surface area contributed by atoms with Gasteiger partial charge in [0.15, 0.2) is 5.78 Å². The van der Waals surface area contributed by atoms with Crippen LogP contribution in [0.25, 0.3) is 0 Å². The third-order valence-electron chi connectivity index (χ3n) is 1.44. The molecule has 0 aliphatic rings. The van der Waals surface area contributed by atoms with Gasteiger partial charge < -0.3 is 5.73 Å². The Balaban J connectivity index is 0.00000144. The summed E-state index contributed by atoms with van der Waals surface area (Å²) < 4.78 is 0. The van der Waals surface area contributed by atoms with Crippen molar-refractivity contribution in [3.05, 3.63) is 33.8 Å². The summed E-state index contributed by atoms with van der Waals surface area (Å²) in [5.74, 6) is -0.206. The molecule has 0 atom stereocenters. The Morgan fingerprint density at radius 2 is 2.00 bits per heavy atom. The van der Waals surface area contributed by atoms with Crippen LogP contribution in [0.4, 0.5) is 0 Å². The molecular weight excluding hydrogens is 232 g/mol. The summed E-state index contributed by atoms with van der Waals surface area (Å²) in [4.78, 5) is 11.1. The van der Waals surface area contributed by atoms with E-state index < -0.39 is 0 Å². The largest absolute Gasteiger partial charge is 0.324 e. The third-order valence-corrected chi connectivity index (χ3v) is 2.26. The Morgan fingerprint density at radius 1 is 1.38 bits per heavy atom. The van der Waals surface area contributed by atoms with Gasteiger partial charge in [0.05, 0.1) is 16.6 Å². The van der Waals surface area contributed by atoms with Gasteiger partial charge in [-0.1, -0.05) is 29.3 Å². The summed E-state index contributed by atoms with van der Waals surface area (Å²) in [7, 11) is 0. The molecule has 2 nitrogen and oxygen atoms in total. The lowest BCUT2D eigenvalue weighted by molar-refractivity contribution is 0.100. The molecule has 0 saturated carbocycles. The van der Waals surface area contributed by atoms with Crippen molar-refractivity contribution in [2.24, 2.45) is 5.73 Å². The van der Waals surface area contributed by atoms with Gasteiger partial charge in [0.2, 0.25) is 0 Å². The number of carbonyl (C=O) groups is 1. The van der Waals surface area contributed by atoms with Crippen LogP contribution in [-0.2, 0) is 0 Å². The van der Waals surface area contributed by atoms with E-state index in [1.54, 1.807) is 18.2 Å². The standard InChI is InChI=1S/C8H7Cl2NO.ClH/c9-6-3-1-2-5(8(6)10)7(12)4-11;/h1-3H,4,11H2;1H. The van der Waals surface area contributed by atoms with E-state index in [4.69, 9.17) is 28.9 Å². The first-order chi connectivity index (χ1) is 5.66. The first-order valence-electron chi connectivity index (χ1n) is 3.34. The van der Waals surface area contributed by atoms with E-state index in [0.717, 1.165) is 0 Å². The van der Waals surface area contributed by atoms with Crippen molar-refractivity contribution in [3.8, 4) is 0 Å². The van der Waals surface area contributed by atoms with Crippen molar-refractivity contribution in [3.63, 3.8) is 0 Å². The maximum Gasteiger partial charge on any atom is 0.177 e. The quantitative estimate of drug-likeness (QED) is 0.808. The SMILES string of the molecule is Cl.NCC(=O)c1cccc(Cl)c1Cl. The number of halogens is 3. The second kappa shape index (κ2) is 5.45. The van der Waals surface area contributed by atoms with E-state index in [1.807, 2.05) is 0 Å². The van der Waals surface area contributed by atoms with Gasteiger partial charge in [-0.2, -0.15) is 0 Å². The predicted molar refractivity (Wildman–Crippen MR) is 57.1 cm³/mol. The zero-order chi connectivity index (χ0) is 9.14. The number of Topliss-reactive ketones (excluding diaryl/α,β-unsaturated/α-hetero) is 1. The molecule has 2 N–H and O–H groups in total. The lowest BCUT2D eigenvalue weighted by Crippen LogP contribution is -2.13. The van der Waals surface area contributed by atoms with Crippen LogP contribution in [0.3, 0.4) is 0 Å². The number of ketones is 1. The zero-order valence-corrected chi connectivity index (χ0v) is 8.92. The van der Waals surface area contributed by atoms with Crippen LogP contribution < -0.4 is 5.73 Å². The van der Waals surface area contributed by atoms with Crippen LogP contribution in [0, 0.1) is 0 Å². The highest BCUT2D eigenvalue weighted by molar-refractivity contribution is 6.43. The molecule has 0 heterocycles. The van der Waals surface area contributed by atoms with Gasteiger partial charge in [-0.25, -0.2) is 0 Å². The van der Waals surface area contributed by atoms with Gasteiger partial charge in [0.1, 0.15) is 0 Å². The Labute approximate surface area is 92.4 Å². The number of hydrogen-bond acceptors (Lipinski definition) is 2. The second-order valence-corrected chi connectivity index (χ2v) is 3.01. The number of rotatable bonds is 2. The summed E-state index contributed by atoms with van der Waals surface area (Å²) in [6.45, 7) is -0.0555. The van der Waals surface area contributed by atoms with Crippen molar-refractivity contribution < 1.29 is 4.79 Å². The van der Waals surface area contributed by atoms with Crippen LogP contribution in [0.2, 0.25) is 10.0 Å². The van der Waals surface area contributed by atoms with E-state index in [1.165, 1.54) is 0 Å². The molecule has 0 amide bonds. The molecule has 0 fully saturated rings. The fraction of sp³-hybridized carbons (Fsp3) is 0.125. The highest BCUT2D eigenvalue weighted by Gasteiger charge is 2.09. The molecule has 1 aromatic carbocycles. The minimum atomic E-state index is -0.206. The van der Waals surface area contributed by atoms with Crippen LogP contribution in [0.1, 0.15) is 10.4 Å². The highest BCUT2D eigenvalue weighted by atomic mass is 35.5. The number of benzene rings is 1. The normalized spacial score (nSPS) is 9.15. The highest BCUT2D eigenvalue weighted by Crippen LogP contribution is 2.25. The van der Waals surface area contributed by atoms with Crippen molar-refractivity contribution >= 4 is 41.4 Å². The average Bonchev–Trinajstić information content (AvgIpc) is 2.08. The second-order valence-electron chi connectivity index (χ2n) is 2.23. The lowest BCUT2D eigenvalue weighted by atomic mass is 10.1. The van der Waals surface area contributed by atoms with Crippen LogP contribution >= 0.6 is 35.6 Å². The molecule has 72 valence electrons. The molecule has 5 heteroatoms. The Morgan fingerprint density at radius 3 is 2.54 bits per heavy atom. The number of hydrogen-bond donors (Lipinski definition) is 1. The van der Waals surface area contributed by atoms with E-state index in [9.17, 15) is 4.79 Å². The Bertz CT molecular complexity index is 314. The average molecular weight is 241 g/mol. The monoisotopic (exact) mass is 239 g/mol. The van der Waals surface area contributed by atoms with Gasteiger partial charge in [-0.3, -0.25) is 4.79 Å². The molecule has 0 saturated heterocycles. The van der Waals surface area contributed by atoms with Gasteiger partial charge in [0, 0.05) is 5.56 Å². The number of carbonyl (C=O) groups excluding carboxylic acids is 1. The minimum absolute atomic E-state index is 0. The van der Waals surface area contributed by atoms with Crippen molar-refractivity contribution in [1.82, 2.24) is 0 Å². The van der Waals surface area contributed by atoms with Gasteiger partial charge in [-0.05, 0) is 12.1 Å². The van der Waals surface area contributed by atoms with E-state index in [2.05, 4.69) is 0 Å². The van der Waals surface area contributed by atoms with E-state index in [0.29, 0.717) is 10.6 Å². The maximum atomic E-state index is 11.1. The van der Waals surface area contributed by atoms with Crippen LogP contribution in [0.5, 0.6) is 0 Å². The smallest absolute Gasteiger partial charge is 0.177 e. The van der Waals surface area contributed by atoms with Crippen LogP contribution in [-0.4, -0.2) is 12.3 Å². The first-order valence-corrected chi connectivity index (χ1v) is 4.09. The third kappa shape index (κ3) is 2.85. The van der Waals surface area contributed by atoms with Gasteiger partial charge in [-0.15, -0.1) is 12.4 Å². The van der Waals surface area contributed by atoms with Crippen molar-refractivity contribution in [1.29, 1.82) is 0 Å². The molecule has 0 radical (unpaired) electrons. The van der Waals surface area contributed by atoms with E-state index in [-0.39, 0.29) is 29.8 Å². The lowest BCUT2D eigenvalue weighted by Gasteiger charge is -2.01. The summed E-state index contributed by atoms with van der Waals surface area (Å²) >= 11 is 11.4. The summed E-state index contributed by atoms with van der Waals surface area (Å²) in [6.07, 6.45) is 0. The van der Waals surface area contributed by atoms with Crippen molar-refractivity contribution in [2.75, 3.05) is 6.54 Å².